The summed E-state index contributed by atoms with van der Waals surface area (Å²) in [5.74, 6) is -1.22. The van der Waals surface area contributed by atoms with Crippen LogP contribution in [0.3, 0.4) is 0 Å². The van der Waals surface area contributed by atoms with Gasteiger partial charge in [-0.25, -0.2) is 4.98 Å². The monoisotopic (exact) mass is 311 g/mol. The van der Waals surface area contributed by atoms with Crippen molar-refractivity contribution in [2.24, 2.45) is 0 Å². The topological polar surface area (TPSA) is 88.2 Å². The molecule has 0 radical (unpaired) electrons. The summed E-state index contributed by atoms with van der Waals surface area (Å²) in [7, 11) is 0. The average molecular weight is 312 g/mol. The summed E-state index contributed by atoms with van der Waals surface area (Å²) in [5.41, 5.74) is 0.225. The summed E-state index contributed by atoms with van der Waals surface area (Å²) >= 11 is 3.21. The number of halogens is 1. The van der Waals surface area contributed by atoms with E-state index in [0.717, 1.165) is 4.47 Å². The molecule has 18 heavy (non-hydrogen) atoms. The van der Waals surface area contributed by atoms with Gasteiger partial charge in [0.1, 0.15) is 11.7 Å². The zero-order valence-corrected chi connectivity index (χ0v) is 10.9. The van der Waals surface area contributed by atoms with Crippen molar-refractivity contribution in [3.05, 3.63) is 28.5 Å². The first-order valence-corrected chi connectivity index (χ1v) is 6.11. The number of carbonyl (C=O) groups is 3. The van der Waals surface area contributed by atoms with Gasteiger partial charge in [-0.15, -0.1) is 0 Å². The molecule has 1 aliphatic rings. The van der Waals surface area contributed by atoms with Gasteiger partial charge in [0.2, 0.25) is 11.8 Å². The number of rotatable bonds is 2. The van der Waals surface area contributed by atoms with Crippen molar-refractivity contribution in [3.8, 4) is 0 Å². The first-order valence-electron chi connectivity index (χ1n) is 5.32. The largest absolute Gasteiger partial charge is 0.339 e. The molecular formula is C11H10BrN3O3. The van der Waals surface area contributed by atoms with Crippen LogP contribution in [0.4, 0.5) is 0 Å². The van der Waals surface area contributed by atoms with Crippen molar-refractivity contribution < 1.29 is 14.4 Å². The highest BCUT2D eigenvalue weighted by Gasteiger charge is 2.28. The fourth-order valence-electron chi connectivity index (χ4n) is 1.57. The Kier molecular flexibility index (Phi) is 3.71. The maximum atomic E-state index is 11.8. The number of piperidine rings is 1. The summed E-state index contributed by atoms with van der Waals surface area (Å²) in [5, 5.41) is 4.72. The van der Waals surface area contributed by atoms with E-state index < -0.39 is 17.9 Å². The lowest BCUT2D eigenvalue weighted by Crippen LogP contribution is -2.52. The Labute approximate surface area is 111 Å². The third kappa shape index (κ3) is 2.92. The van der Waals surface area contributed by atoms with Gasteiger partial charge in [0, 0.05) is 17.1 Å². The molecule has 0 spiro atoms. The van der Waals surface area contributed by atoms with Gasteiger partial charge in [-0.2, -0.15) is 0 Å². The Morgan fingerprint density at radius 2 is 2.22 bits per heavy atom. The second-order valence-electron chi connectivity index (χ2n) is 3.84. The van der Waals surface area contributed by atoms with E-state index in [1.165, 1.54) is 6.20 Å². The van der Waals surface area contributed by atoms with E-state index in [1.54, 1.807) is 12.1 Å². The minimum atomic E-state index is -0.680. The normalized spacial score (nSPS) is 19.3. The maximum absolute atomic E-state index is 11.8. The van der Waals surface area contributed by atoms with E-state index in [0.29, 0.717) is 6.42 Å². The maximum Gasteiger partial charge on any atom is 0.270 e. The number of aromatic nitrogens is 1. The molecule has 2 heterocycles. The van der Waals surface area contributed by atoms with Gasteiger partial charge in [0.15, 0.2) is 0 Å². The number of nitrogens with zero attached hydrogens (tertiary/aromatic N) is 1. The standard InChI is InChI=1S/C11H10BrN3O3/c12-6-1-2-7(13-5-6)10(17)14-8-3-4-9(16)15-11(8)18/h1-2,5,8H,3-4H2,(H,14,17)(H,15,16,18). The van der Waals surface area contributed by atoms with E-state index in [4.69, 9.17) is 0 Å². The lowest BCUT2D eigenvalue weighted by atomic mass is 10.1. The molecule has 2 rings (SSSR count). The van der Waals surface area contributed by atoms with Gasteiger partial charge in [0.25, 0.3) is 5.91 Å². The molecule has 94 valence electrons. The Morgan fingerprint density at radius 1 is 1.44 bits per heavy atom. The molecule has 0 bridgehead atoms. The highest BCUT2D eigenvalue weighted by Crippen LogP contribution is 2.09. The Hall–Kier alpha value is -1.76. The van der Waals surface area contributed by atoms with Crippen molar-refractivity contribution in [1.29, 1.82) is 0 Å². The molecule has 0 saturated carbocycles. The quantitative estimate of drug-likeness (QED) is 0.773. The van der Waals surface area contributed by atoms with Gasteiger partial charge in [-0.1, -0.05) is 0 Å². The summed E-state index contributed by atoms with van der Waals surface area (Å²) in [6, 6.07) is 2.55. The highest BCUT2D eigenvalue weighted by molar-refractivity contribution is 9.10. The fourth-order valence-corrected chi connectivity index (χ4v) is 1.81. The molecular weight excluding hydrogens is 302 g/mol. The predicted molar refractivity (Wildman–Crippen MR) is 65.6 cm³/mol. The van der Waals surface area contributed by atoms with Crippen LogP contribution in [-0.4, -0.2) is 28.7 Å². The minimum absolute atomic E-state index is 0.225. The van der Waals surface area contributed by atoms with Crippen LogP contribution in [0.5, 0.6) is 0 Å². The number of carbonyl (C=O) groups excluding carboxylic acids is 3. The van der Waals surface area contributed by atoms with Crippen LogP contribution < -0.4 is 10.6 Å². The molecule has 6 nitrogen and oxygen atoms in total. The Morgan fingerprint density at radius 3 is 2.83 bits per heavy atom. The van der Waals surface area contributed by atoms with Gasteiger partial charge >= 0.3 is 0 Å². The number of hydrogen-bond donors (Lipinski definition) is 2. The second kappa shape index (κ2) is 5.26. The van der Waals surface area contributed by atoms with Crippen molar-refractivity contribution in [2.45, 2.75) is 18.9 Å². The molecule has 1 aliphatic heterocycles. The van der Waals surface area contributed by atoms with Crippen LogP contribution in [0.2, 0.25) is 0 Å². The molecule has 7 heteroatoms. The third-order valence-corrected chi connectivity index (χ3v) is 2.97. The van der Waals surface area contributed by atoms with Crippen LogP contribution in [0.1, 0.15) is 23.3 Å². The summed E-state index contributed by atoms with van der Waals surface area (Å²) in [4.78, 5) is 38.1. The molecule has 1 fully saturated rings. The van der Waals surface area contributed by atoms with E-state index in [9.17, 15) is 14.4 Å². The highest BCUT2D eigenvalue weighted by atomic mass is 79.9. The van der Waals surface area contributed by atoms with Gasteiger partial charge in [0.05, 0.1) is 0 Å². The molecule has 1 saturated heterocycles. The lowest BCUT2D eigenvalue weighted by molar-refractivity contribution is -0.134. The first kappa shape index (κ1) is 12.7. The van der Waals surface area contributed by atoms with Crippen molar-refractivity contribution in [3.63, 3.8) is 0 Å². The molecule has 2 N–H and O–H groups in total. The van der Waals surface area contributed by atoms with Gasteiger partial charge in [-0.05, 0) is 34.5 Å². The van der Waals surface area contributed by atoms with Crippen LogP contribution in [0, 0.1) is 0 Å². The van der Waals surface area contributed by atoms with Gasteiger partial charge < -0.3 is 5.32 Å². The number of nitrogens with one attached hydrogen (secondary N) is 2. The minimum Gasteiger partial charge on any atom is -0.339 e. The van der Waals surface area contributed by atoms with Crippen LogP contribution in [-0.2, 0) is 9.59 Å². The van der Waals surface area contributed by atoms with Crippen LogP contribution in [0.15, 0.2) is 22.8 Å². The molecule has 1 aromatic rings. The van der Waals surface area contributed by atoms with Crippen molar-refractivity contribution >= 4 is 33.7 Å². The molecule has 0 aromatic carbocycles. The molecule has 1 atom stereocenters. The lowest BCUT2D eigenvalue weighted by Gasteiger charge is -2.21. The number of hydrogen-bond acceptors (Lipinski definition) is 4. The summed E-state index contributed by atoms with van der Waals surface area (Å²) in [6.07, 6.45) is 2.04. The van der Waals surface area contributed by atoms with Crippen molar-refractivity contribution in [2.75, 3.05) is 0 Å². The Bertz CT molecular complexity index is 501. The zero-order valence-electron chi connectivity index (χ0n) is 9.27. The summed E-state index contributed by atoms with van der Waals surface area (Å²) < 4.78 is 0.764. The predicted octanol–water partition coefficient (Wildman–Crippen LogP) is 0.379. The van der Waals surface area contributed by atoms with Gasteiger partial charge in [-0.3, -0.25) is 19.7 Å². The van der Waals surface area contributed by atoms with E-state index in [1.807, 2.05) is 0 Å². The molecule has 1 aromatic heterocycles. The number of pyridine rings is 1. The molecule has 1 unspecified atom stereocenters. The summed E-state index contributed by atoms with van der Waals surface area (Å²) in [6.45, 7) is 0. The van der Waals surface area contributed by atoms with E-state index >= 15 is 0 Å². The van der Waals surface area contributed by atoms with Crippen LogP contribution in [0.25, 0.3) is 0 Å². The molecule has 0 aliphatic carbocycles. The number of imide groups is 1. The number of amides is 3. The van der Waals surface area contributed by atoms with E-state index in [-0.39, 0.29) is 18.0 Å². The SMILES string of the molecule is O=C1CCC(NC(=O)c2ccc(Br)cn2)C(=O)N1. The van der Waals surface area contributed by atoms with Crippen LogP contribution >= 0.6 is 15.9 Å². The second-order valence-corrected chi connectivity index (χ2v) is 4.75. The molecule has 3 amide bonds. The Balaban J connectivity index is 2.01. The average Bonchev–Trinajstić information content (AvgIpc) is 2.33. The zero-order chi connectivity index (χ0) is 13.1. The fraction of sp³-hybridized carbons (Fsp3) is 0.273. The van der Waals surface area contributed by atoms with E-state index in [2.05, 4.69) is 31.5 Å². The third-order valence-electron chi connectivity index (χ3n) is 2.50. The first-order chi connectivity index (χ1) is 8.56. The van der Waals surface area contributed by atoms with Crippen molar-refractivity contribution in [1.82, 2.24) is 15.6 Å². The smallest absolute Gasteiger partial charge is 0.270 e.